The van der Waals surface area contributed by atoms with E-state index in [9.17, 15) is 4.79 Å². The van der Waals surface area contributed by atoms with Crippen LogP contribution in [0.2, 0.25) is 0 Å². The molecule has 18 heavy (non-hydrogen) atoms. The van der Waals surface area contributed by atoms with E-state index in [0.717, 1.165) is 37.9 Å². The van der Waals surface area contributed by atoms with E-state index in [4.69, 9.17) is 4.74 Å². The van der Waals surface area contributed by atoms with Gasteiger partial charge in [0, 0.05) is 12.2 Å². The molecule has 0 fully saturated rings. The van der Waals surface area contributed by atoms with Gasteiger partial charge in [-0.2, -0.15) is 0 Å². The van der Waals surface area contributed by atoms with E-state index in [1.807, 2.05) is 25.7 Å². The molecule has 0 aliphatic carbocycles. The summed E-state index contributed by atoms with van der Waals surface area (Å²) in [5.41, 5.74) is 0.712. The van der Waals surface area contributed by atoms with Crippen molar-refractivity contribution in [2.24, 2.45) is 5.92 Å². The quantitative estimate of drug-likeness (QED) is 0.732. The SMILES string of the molecule is CC(C)CC1=CCCCCN1C(=O)OC(C)(C)C. The van der Waals surface area contributed by atoms with Gasteiger partial charge in [0.2, 0.25) is 0 Å². The van der Waals surface area contributed by atoms with Crippen molar-refractivity contribution in [1.82, 2.24) is 4.90 Å². The van der Waals surface area contributed by atoms with Crippen molar-refractivity contribution in [1.29, 1.82) is 0 Å². The second-order valence-electron chi connectivity index (χ2n) is 6.42. The molecule has 0 N–H and O–H groups in total. The number of carbonyl (C=O) groups is 1. The molecule has 0 aromatic carbocycles. The van der Waals surface area contributed by atoms with Gasteiger partial charge in [0.05, 0.1) is 0 Å². The van der Waals surface area contributed by atoms with Crippen LogP contribution in [0.3, 0.4) is 0 Å². The highest BCUT2D eigenvalue weighted by molar-refractivity contribution is 5.70. The number of nitrogens with zero attached hydrogens (tertiary/aromatic N) is 1. The monoisotopic (exact) mass is 253 g/mol. The second-order valence-corrected chi connectivity index (χ2v) is 6.42. The lowest BCUT2D eigenvalue weighted by Crippen LogP contribution is -2.36. The minimum Gasteiger partial charge on any atom is -0.443 e. The maximum atomic E-state index is 12.2. The van der Waals surface area contributed by atoms with Crippen LogP contribution < -0.4 is 0 Å². The third-order valence-electron chi connectivity index (χ3n) is 2.79. The summed E-state index contributed by atoms with van der Waals surface area (Å²) >= 11 is 0. The third kappa shape index (κ3) is 5.11. The van der Waals surface area contributed by atoms with E-state index in [1.54, 1.807) is 0 Å². The number of ether oxygens (including phenoxy) is 1. The summed E-state index contributed by atoms with van der Waals surface area (Å²) < 4.78 is 5.49. The molecule has 1 rings (SSSR count). The van der Waals surface area contributed by atoms with E-state index >= 15 is 0 Å². The number of hydrogen-bond acceptors (Lipinski definition) is 2. The fourth-order valence-electron chi connectivity index (χ4n) is 2.07. The van der Waals surface area contributed by atoms with Crippen LogP contribution in [-0.4, -0.2) is 23.1 Å². The zero-order valence-corrected chi connectivity index (χ0v) is 12.5. The Balaban J connectivity index is 2.77. The fourth-order valence-corrected chi connectivity index (χ4v) is 2.07. The summed E-state index contributed by atoms with van der Waals surface area (Å²) in [6.45, 7) is 10.9. The Labute approximate surface area is 111 Å². The van der Waals surface area contributed by atoms with Gasteiger partial charge in [-0.15, -0.1) is 0 Å². The van der Waals surface area contributed by atoms with Gasteiger partial charge in [-0.25, -0.2) is 4.79 Å². The lowest BCUT2D eigenvalue weighted by molar-refractivity contribution is 0.0306. The van der Waals surface area contributed by atoms with E-state index in [2.05, 4.69) is 19.9 Å². The predicted molar refractivity (Wildman–Crippen MR) is 74.3 cm³/mol. The van der Waals surface area contributed by atoms with E-state index in [-0.39, 0.29) is 6.09 Å². The topological polar surface area (TPSA) is 29.5 Å². The van der Waals surface area contributed by atoms with Crippen LogP contribution in [0.25, 0.3) is 0 Å². The summed E-state index contributed by atoms with van der Waals surface area (Å²) in [5, 5.41) is 0. The number of rotatable bonds is 2. The van der Waals surface area contributed by atoms with Crippen molar-refractivity contribution in [2.75, 3.05) is 6.54 Å². The first-order valence-electron chi connectivity index (χ1n) is 6.99. The predicted octanol–water partition coefficient (Wildman–Crippen LogP) is 4.34. The molecule has 0 unspecified atom stereocenters. The highest BCUT2D eigenvalue weighted by Gasteiger charge is 2.25. The Morgan fingerprint density at radius 3 is 2.61 bits per heavy atom. The summed E-state index contributed by atoms with van der Waals surface area (Å²) in [6, 6.07) is 0. The third-order valence-corrected chi connectivity index (χ3v) is 2.79. The molecule has 0 atom stereocenters. The number of allylic oxidation sites excluding steroid dienone is 2. The molecular weight excluding hydrogens is 226 g/mol. The molecule has 1 aliphatic rings. The lowest BCUT2D eigenvalue weighted by atomic mass is 10.1. The first-order valence-corrected chi connectivity index (χ1v) is 6.99. The first-order chi connectivity index (χ1) is 8.29. The Morgan fingerprint density at radius 2 is 2.06 bits per heavy atom. The molecule has 0 saturated heterocycles. The molecule has 1 heterocycles. The van der Waals surface area contributed by atoms with Crippen molar-refractivity contribution >= 4 is 6.09 Å². The van der Waals surface area contributed by atoms with Gasteiger partial charge in [0.15, 0.2) is 0 Å². The molecule has 1 aliphatic heterocycles. The molecular formula is C15H27NO2. The minimum atomic E-state index is -0.424. The molecule has 0 spiro atoms. The van der Waals surface area contributed by atoms with Gasteiger partial charge in [0.25, 0.3) is 0 Å². The van der Waals surface area contributed by atoms with Crippen molar-refractivity contribution in [2.45, 2.75) is 65.9 Å². The van der Waals surface area contributed by atoms with Gasteiger partial charge < -0.3 is 4.74 Å². The normalized spacial score (nSPS) is 17.4. The number of hydrogen-bond donors (Lipinski definition) is 0. The Morgan fingerprint density at radius 1 is 1.39 bits per heavy atom. The Bertz CT molecular complexity index is 313. The van der Waals surface area contributed by atoms with Gasteiger partial charge in [-0.3, -0.25) is 4.90 Å². The summed E-state index contributed by atoms with van der Waals surface area (Å²) in [4.78, 5) is 14.1. The van der Waals surface area contributed by atoms with Crippen LogP contribution in [0.4, 0.5) is 4.79 Å². The van der Waals surface area contributed by atoms with Gasteiger partial charge in [0.1, 0.15) is 5.60 Å². The summed E-state index contributed by atoms with van der Waals surface area (Å²) in [7, 11) is 0. The Hall–Kier alpha value is -0.990. The summed E-state index contributed by atoms with van der Waals surface area (Å²) in [5.74, 6) is 0.555. The molecule has 3 heteroatoms. The van der Waals surface area contributed by atoms with Crippen LogP contribution in [0, 0.1) is 5.92 Å². The smallest absolute Gasteiger partial charge is 0.414 e. The minimum absolute atomic E-state index is 0.198. The first kappa shape index (κ1) is 15.1. The van der Waals surface area contributed by atoms with Gasteiger partial charge >= 0.3 is 6.09 Å². The van der Waals surface area contributed by atoms with Crippen LogP contribution in [-0.2, 0) is 4.74 Å². The summed E-state index contributed by atoms with van der Waals surface area (Å²) in [6.07, 6.45) is 6.23. The molecule has 104 valence electrons. The van der Waals surface area contributed by atoms with Crippen molar-refractivity contribution in [3.63, 3.8) is 0 Å². The lowest BCUT2D eigenvalue weighted by Gasteiger charge is -2.29. The molecule has 0 aromatic rings. The highest BCUT2D eigenvalue weighted by Crippen LogP contribution is 2.23. The largest absolute Gasteiger partial charge is 0.443 e. The average Bonchev–Trinajstić information content (AvgIpc) is 2.39. The number of carbonyl (C=O) groups excluding carboxylic acids is 1. The average molecular weight is 253 g/mol. The second kappa shape index (κ2) is 6.26. The van der Waals surface area contributed by atoms with Crippen LogP contribution >= 0.6 is 0 Å². The molecule has 0 radical (unpaired) electrons. The Kier molecular flexibility index (Phi) is 5.24. The van der Waals surface area contributed by atoms with Crippen molar-refractivity contribution in [3.05, 3.63) is 11.8 Å². The maximum absolute atomic E-state index is 12.2. The molecule has 1 amide bonds. The number of amides is 1. The van der Waals surface area contributed by atoms with E-state index in [0.29, 0.717) is 5.92 Å². The zero-order valence-electron chi connectivity index (χ0n) is 12.5. The van der Waals surface area contributed by atoms with Gasteiger partial charge in [-0.05, 0) is 52.4 Å². The molecule has 0 aromatic heterocycles. The van der Waals surface area contributed by atoms with Gasteiger partial charge in [-0.1, -0.05) is 19.9 Å². The van der Waals surface area contributed by atoms with Crippen LogP contribution in [0.5, 0.6) is 0 Å². The molecule has 3 nitrogen and oxygen atoms in total. The molecule has 0 saturated carbocycles. The van der Waals surface area contributed by atoms with Crippen LogP contribution in [0.1, 0.15) is 60.3 Å². The van der Waals surface area contributed by atoms with Crippen LogP contribution in [0.15, 0.2) is 11.8 Å². The fraction of sp³-hybridized carbons (Fsp3) is 0.800. The van der Waals surface area contributed by atoms with E-state index in [1.165, 1.54) is 0 Å². The highest BCUT2D eigenvalue weighted by atomic mass is 16.6. The zero-order chi connectivity index (χ0) is 13.8. The molecule has 0 bridgehead atoms. The van der Waals surface area contributed by atoms with Crippen molar-refractivity contribution in [3.8, 4) is 0 Å². The maximum Gasteiger partial charge on any atom is 0.414 e. The standard InChI is InChI=1S/C15H27NO2/c1-12(2)11-13-9-7-6-8-10-16(13)14(17)18-15(3,4)5/h9,12H,6-8,10-11H2,1-5H3. The van der Waals surface area contributed by atoms with Crippen molar-refractivity contribution < 1.29 is 9.53 Å². The van der Waals surface area contributed by atoms with E-state index < -0.39 is 5.60 Å².